The number of carbonyl (C=O) groups excluding carboxylic acids is 2. The van der Waals surface area contributed by atoms with Crippen LogP contribution in [0.5, 0.6) is 0 Å². The number of halogens is 2. The minimum absolute atomic E-state index is 0.283. The van der Waals surface area contributed by atoms with E-state index in [2.05, 4.69) is 31.2 Å². The van der Waals surface area contributed by atoms with Gasteiger partial charge in [0.25, 0.3) is 11.8 Å². The molecule has 0 unspecified atom stereocenters. The molecule has 2 amide bonds. The molecule has 6 rings (SSSR count). The van der Waals surface area contributed by atoms with Crippen LogP contribution < -0.4 is 21.3 Å². The quantitative estimate of drug-likeness (QED) is 0.102. The van der Waals surface area contributed by atoms with E-state index >= 15 is 0 Å². The van der Waals surface area contributed by atoms with Crippen LogP contribution in [0.2, 0.25) is 0 Å². The van der Waals surface area contributed by atoms with Gasteiger partial charge in [0.05, 0.1) is 0 Å². The molecule has 48 heavy (non-hydrogen) atoms. The Hall–Kier alpha value is -4.54. The SMILES string of the molecule is Cc1c(NC(=O)c2cc(C3CC3)c(CNCCF)cn2)cccc1-c1cccc(NC(=O)c2cc(C3CC3)c(CNCCF)cn2)c1C. The zero-order chi connectivity index (χ0) is 33.6. The van der Waals surface area contributed by atoms with E-state index in [1.54, 1.807) is 12.4 Å². The van der Waals surface area contributed by atoms with E-state index in [4.69, 9.17) is 0 Å². The summed E-state index contributed by atoms with van der Waals surface area (Å²) in [7, 11) is 0. The van der Waals surface area contributed by atoms with Crippen molar-refractivity contribution in [2.45, 2.75) is 64.5 Å². The minimum atomic E-state index is -0.431. The second kappa shape index (κ2) is 15.1. The number of benzene rings is 2. The van der Waals surface area contributed by atoms with Crippen molar-refractivity contribution >= 4 is 23.2 Å². The molecule has 0 spiro atoms. The van der Waals surface area contributed by atoms with Crippen LogP contribution >= 0.6 is 0 Å². The highest BCUT2D eigenvalue weighted by Crippen LogP contribution is 2.43. The van der Waals surface area contributed by atoms with Gasteiger partial charge in [-0.25, -0.2) is 8.78 Å². The highest BCUT2D eigenvalue weighted by Gasteiger charge is 2.29. The Morgan fingerprint density at radius 1 is 0.688 bits per heavy atom. The summed E-state index contributed by atoms with van der Waals surface area (Å²) in [6.07, 6.45) is 7.75. The molecule has 0 bridgehead atoms. The number of carbonyl (C=O) groups is 2. The molecular weight excluding hydrogens is 610 g/mol. The van der Waals surface area contributed by atoms with Crippen LogP contribution in [-0.4, -0.2) is 48.2 Å². The number of hydrogen-bond donors (Lipinski definition) is 4. The molecule has 4 N–H and O–H groups in total. The first-order valence-corrected chi connectivity index (χ1v) is 16.7. The molecule has 0 radical (unpaired) electrons. The lowest BCUT2D eigenvalue weighted by atomic mass is 9.94. The van der Waals surface area contributed by atoms with Crippen molar-refractivity contribution in [3.8, 4) is 11.1 Å². The van der Waals surface area contributed by atoms with Crippen LogP contribution in [-0.2, 0) is 13.1 Å². The molecule has 0 aliphatic heterocycles. The predicted octanol–water partition coefficient (Wildman–Crippen LogP) is 7.14. The first-order chi connectivity index (χ1) is 23.4. The van der Waals surface area contributed by atoms with Crippen molar-refractivity contribution in [1.29, 1.82) is 0 Å². The molecular formula is C38H42F2N6O2. The Morgan fingerprint density at radius 3 is 1.48 bits per heavy atom. The van der Waals surface area contributed by atoms with Gasteiger partial charge in [-0.1, -0.05) is 24.3 Å². The maximum Gasteiger partial charge on any atom is 0.274 e. The lowest BCUT2D eigenvalue weighted by Gasteiger charge is -2.17. The number of aromatic nitrogens is 2. The maximum absolute atomic E-state index is 13.4. The Bertz CT molecular complexity index is 1670. The molecule has 0 atom stereocenters. The Kier molecular flexibility index (Phi) is 10.5. The lowest BCUT2D eigenvalue weighted by molar-refractivity contribution is 0.101. The summed E-state index contributed by atoms with van der Waals surface area (Å²) in [6, 6.07) is 15.3. The largest absolute Gasteiger partial charge is 0.320 e. The Morgan fingerprint density at radius 2 is 1.10 bits per heavy atom. The van der Waals surface area contributed by atoms with Crippen molar-refractivity contribution in [2.24, 2.45) is 0 Å². The van der Waals surface area contributed by atoms with Crippen LogP contribution in [0.3, 0.4) is 0 Å². The second-order valence-corrected chi connectivity index (χ2v) is 12.7. The van der Waals surface area contributed by atoms with E-state index in [0.717, 1.165) is 70.2 Å². The van der Waals surface area contributed by atoms with Crippen molar-refractivity contribution in [2.75, 3.05) is 37.1 Å². The standard InChI is InChI=1S/C38H42F2N6O2/c1-23-29(5-3-7-33(23)45-37(47)35-17-31(25-9-10-25)27(21-43-35)19-41-15-13-39)30-6-4-8-34(24(30)2)46-38(48)36-18-32(26-11-12-26)28(22-44-36)20-42-16-14-40/h3-8,17-18,21-22,25-26,41-42H,9-16,19-20H2,1-2H3,(H,45,47)(H,46,48). The lowest BCUT2D eigenvalue weighted by Crippen LogP contribution is -2.19. The number of rotatable bonds is 15. The zero-order valence-electron chi connectivity index (χ0n) is 27.5. The van der Waals surface area contributed by atoms with Gasteiger partial charge < -0.3 is 21.3 Å². The van der Waals surface area contributed by atoms with Crippen LogP contribution in [0.15, 0.2) is 60.9 Å². The zero-order valence-corrected chi connectivity index (χ0v) is 27.5. The van der Waals surface area contributed by atoms with Gasteiger partial charge in [-0.3, -0.25) is 19.6 Å². The van der Waals surface area contributed by atoms with E-state index in [-0.39, 0.29) is 24.9 Å². The molecule has 2 aromatic carbocycles. The van der Waals surface area contributed by atoms with Crippen LogP contribution in [0.1, 0.15) is 91.9 Å². The molecule has 0 saturated heterocycles. The summed E-state index contributed by atoms with van der Waals surface area (Å²) in [5.74, 6) is 0.239. The number of nitrogens with one attached hydrogen (secondary N) is 4. The third-order valence-electron chi connectivity index (χ3n) is 9.17. The molecule has 2 aromatic heterocycles. The number of hydrogen-bond acceptors (Lipinski definition) is 6. The van der Waals surface area contributed by atoms with Gasteiger partial charge in [-0.05, 0) is 120 Å². The molecule has 4 aromatic rings. The first-order valence-electron chi connectivity index (χ1n) is 16.7. The molecule has 2 aliphatic rings. The van der Waals surface area contributed by atoms with Crippen LogP contribution in [0.25, 0.3) is 11.1 Å². The number of pyridine rings is 2. The summed E-state index contributed by atoms with van der Waals surface area (Å²) in [5, 5.41) is 12.3. The molecule has 8 nitrogen and oxygen atoms in total. The topological polar surface area (TPSA) is 108 Å². The molecule has 2 heterocycles. The molecule has 2 saturated carbocycles. The molecule has 2 aliphatic carbocycles. The smallest absolute Gasteiger partial charge is 0.274 e. The maximum atomic E-state index is 13.4. The van der Waals surface area contributed by atoms with E-state index in [9.17, 15) is 18.4 Å². The number of anilines is 2. The first kappa shape index (κ1) is 33.4. The highest BCUT2D eigenvalue weighted by molar-refractivity contribution is 6.05. The monoisotopic (exact) mass is 652 g/mol. The second-order valence-electron chi connectivity index (χ2n) is 12.7. The number of amides is 2. The van der Waals surface area contributed by atoms with Gasteiger partial charge in [-0.2, -0.15) is 0 Å². The summed E-state index contributed by atoms with van der Waals surface area (Å²) in [4.78, 5) is 35.7. The van der Waals surface area contributed by atoms with Gasteiger partial charge in [0.15, 0.2) is 0 Å². The van der Waals surface area contributed by atoms with Crippen molar-refractivity contribution < 1.29 is 18.4 Å². The number of nitrogens with zero attached hydrogens (tertiary/aromatic N) is 2. The van der Waals surface area contributed by atoms with E-state index in [1.165, 1.54) is 0 Å². The molecule has 10 heteroatoms. The fourth-order valence-corrected chi connectivity index (χ4v) is 6.17. The van der Waals surface area contributed by atoms with Gasteiger partial charge in [0.2, 0.25) is 0 Å². The predicted molar refractivity (Wildman–Crippen MR) is 185 cm³/mol. The average Bonchev–Trinajstić information content (AvgIpc) is 4.02. The van der Waals surface area contributed by atoms with E-state index < -0.39 is 13.3 Å². The summed E-state index contributed by atoms with van der Waals surface area (Å²) >= 11 is 0. The van der Waals surface area contributed by atoms with Crippen LogP contribution in [0, 0.1) is 13.8 Å². The molecule has 250 valence electrons. The normalized spacial score (nSPS) is 14.2. The van der Waals surface area contributed by atoms with Gasteiger partial charge >= 0.3 is 0 Å². The Balaban J connectivity index is 1.19. The Labute approximate surface area is 280 Å². The highest BCUT2D eigenvalue weighted by atomic mass is 19.1. The molecule has 2 fully saturated rings. The van der Waals surface area contributed by atoms with Crippen molar-refractivity contribution in [3.63, 3.8) is 0 Å². The summed E-state index contributed by atoms with van der Waals surface area (Å²) < 4.78 is 25.2. The van der Waals surface area contributed by atoms with Crippen molar-refractivity contribution in [3.05, 3.63) is 106 Å². The van der Waals surface area contributed by atoms with Gasteiger partial charge in [-0.15, -0.1) is 0 Å². The third kappa shape index (κ3) is 7.77. The minimum Gasteiger partial charge on any atom is -0.320 e. The van der Waals surface area contributed by atoms with Gasteiger partial charge in [0, 0.05) is 49.9 Å². The fraction of sp³-hybridized carbons (Fsp3) is 0.368. The third-order valence-corrected chi connectivity index (χ3v) is 9.17. The fourth-order valence-electron chi connectivity index (χ4n) is 6.17. The van der Waals surface area contributed by atoms with E-state index in [0.29, 0.717) is 47.7 Å². The number of alkyl halides is 2. The van der Waals surface area contributed by atoms with Gasteiger partial charge in [0.1, 0.15) is 24.7 Å². The summed E-state index contributed by atoms with van der Waals surface area (Å²) in [6.45, 7) is 4.68. The van der Waals surface area contributed by atoms with Crippen LogP contribution in [0.4, 0.5) is 20.2 Å². The average molecular weight is 653 g/mol. The van der Waals surface area contributed by atoms with Crippen molar-refractivity contribution in [1.82, 2.24) is 20.6 Å². The van der Waals surface area contributed by atoms with E-state index in [1.807, 2.05) is 62.4 Å². The summed E-state index contributed by atoms with van der Waals surface area (Å²) in [5.41, 5.74) is 9.88.